The average Bonchev–Trinajstić information content (AvgIpc) is 2.88. The van der Waals surface area contributed by atoms with E-state index in [9.17, 15) is 20.1 Å². The highest BCUT2D eigenvalue weighted by Crippen LogP contribution is 2.73. The Labute approximate surface area is 238 Å². The fraction of sp³-hybridized carbons (Fsp3) is 0.677. The summed E-state index contributed by atoms with van der Waals surface area (Å²) in [6, 6.07) is 10.1. The Balaban J connectivity index is 0.00000118. The number of esters is 1. The number of hydrogen-bond acceptors (Lipinski definition) is 8. The fourth-order valence-electron chi connectivity index (χ4n) is 9.23. The zero-order chi connectivity index (χ0) is 29.8. The normalized spacial score (nSPS) is 43.3. The Morgan fingerprint density at radius 2 is 1.70 bits per heavy atom. The van der Waals surface area contributed by atoms with Crippen molar-refractivity contribution in [2.75, 3.05) is 0 Å². The fourth-order valence-corrected chi connectivity index (χ4v) is 9.64. The Morgan fingerprint density at radius 1 is 1.10 bits per heavy atom. The maximum absolute atomic E-state index is 13.1. The lowest BCUT2D eigenvalue weighted by molar-refractivity contribution is -0.265. The molecule has 11 atom stereocenters. The first-order valence-electron chi connectivity index (χ1n) is 14.0. The molecule has 4 aliphatic carbocycles. The number of carbonyl (C=O) groups is 1. The summed E-state index contributed by atoms with van der Waals surface area (Å²) in [5, 5.41) is 36.9. The second kappa shape index (κ2) is 10.7. The molecule has 0 aliphatic heterocycles. The smallest absolute Gasteiger partial charge is 0.373 e. The highest BCUT2D eigenvalue weighted by atomic mass is 31.0. The van der Waals surface area contributed by atoms with Gasteiger partial charge in [-0.1, -0.05) is 58.0 Å². The van der Waals surface area contributed by atoms with Gasteiger partial charge in [0.1, 0.15) is 6.10 Å². The predicted octanol–water partition coefficient (Wildman–Crippen LogP) is 3.95. The molecule has 2 unspecified atom stereocenters. The molecule has 5 rings (SSSR count). The van der Waals surface area contributed by atoms with Gasteiger partial charge in [0.25, 0.3) is 0 Å². The van der Waals surface area contributed by atoms with Crippen LogP contribution in [-0.4, -0.2) is 57.5 Å². The Hall–Kier alpha value is -1.92. The SMILES string of the molecule is CC(=O)O[C@@H]1C2=C(C)[C@@H](O)C[C@@](O)([C@@H](c3ccccc3)C3[C@@](C)([C@@H](OP)C[C@H]4CC[C@@]34C)[C@H]1O)C2(C)C.O=C=O. The summed E-state index contributed by atoms with van der Waals surface area (Å²) in [4.78, 5) is 28.7. The number of rotatable bonds is 3. The Bertz CT molecular complexity index is 1190. The van der Waals surface area contributed by atoms with Crippen LogP contribution in [0.3, 0.4) is 0 Å². The monoisotopic (exact) mass is 574 g/mol. The van der Waals surface area contributed by atoms with Gasteiger partial charge in [0.15, 0.2) is 6.10 Å². The van der Waals surface area contributed by atoms with Gasteiger partial charge in [0.05, 0.1) is 17.8 Å². The molecule has 3 fully saturated rings. The first-order valence-corrected chi connectivity index (χ1v) is 14.5. The van der Waals surface area contributed by atoms with Crippen LogP contribution in [0.25, 0.3) is 0 Å². The van der Waals surface area contributed by atoms with Crippen molar-refractivity contribution in [2.45, 2.75) is 103 Å². The number of fused-ring (bicyclic) bond motifs is 5. The highest BCUT2D eigenvalue weighted by Gasteiger charge is 2.73. The molecule has 0 saturated heterocycles. The van der Waals surface area contributed by atoms with Gasteiger partial charge in [-0.05, 0) is 60.1 Å². The Morgan fingerprint density at radius 3 is 2.20 bits per heavy atom. The van der Waals surface area contributed by atoms with E-state index in [1.807, 2.05) is 39.0 Å². The third-order valence-electron chi connectivity index (χ3n) is 11.4. The molecule has 0 amide bonds. The van der Waals surface area contributed by atoms with E-state index in [2.05, 4.69) is 35.4 Å². The van der Waals surface area contributed by atoms with Gasteiger partial charge >= 0.3 is 12.1 Å². The number of hydrogen-bond donors (Lipinski definition) is 3. The van der Waals surface area contributed by atoms with E-state index in [1.54, 1.807) is 0 Å². The van der Waals surface area contributed by atoms with Crippen molar-refractivity contribution in [2.24, 2.45) is 28.1 Å². The summed E-state index contributed by atoms with van der Waals surface area (Å²) in [5.74, 6) is -0.714. The van der Waals surface area contributed by atoms with Crippen molar-refractivity contribution in [3.63, 3.8) is 0 Å². The van der Waals surface area contributed by atoms with Gasteiger partial charge in [-0.15, -0.1) is 0 Å². The van der Waals surface area contributed by atoms with Crippen LogP contribution in [0.1, 0.15) is 78.7 Å². The number of aliphatic hydroxyl groups excluding tert-OH is 2. The number of ether oxygens (including phenoxy) is 1. The zero-order valence-corrected chi connectivity index (χ0v) is 25.4. The minimum atomic E-state index is -1.38. The summed E-state index contributed by atoms with van der Waals surface area (Å²) in [5.41, 5.74) is -1.04. The van der Waals surface area contributed by atoms with Crippen LogP contribution in [0.5, 0.6) is 0 Å². The third kappa shape index (κ3) is 4.26. The van der Waals surface area contributed by atoms with E-state index < -0.39 is 46.6 Å². The van der Waals surface area contributed by atoms with Gasteiger partial charge in [0.2, 0.25) is 0 Å². The van der Waals surface area contributed by atoms with E-state index in [0.717, 1.165) is 24.8 Å². The zero-order valence-electron chi connectivity index (χ0n) is 24.2. The summed E-state index contributed by atoms with van der Waals surface area (Å²) in [6.07, 6.45) is -0.0909. The molecule has 40 heavy (non-hydrogen) atoms. The quantitative estimate of drug-likeness (QED) is 0.281. The first-order chi connectivity index (χ1) is 18.7. The molecule has 2 bridgehead atoms. The van der Waals surface area contributed by atoms with Crippen molar-refractivity contribution in [1.29, 1.82) is 0 Å². The predicted molar refractivity (Wildman–Crippen MR) is 149 cm³/mol. The third-order valence-corrected chi connectivity index (χ3v) is 11.7. The van der Waals surface area contributed by atoms with Gasteiger partial charge < -0.3 is 24.6 Å². The van der Waals surface area contributed by atoms with Crippen molar-refractivity contribution in [1.82, 2.24) is 0 Å². The van der Waals surface area contributed by atoms with Crippen molar-refractivity contribution >= 4 is 21.6 Å². The highest BCUT2D eigenvalue weighted by molar-refractivity contribution is 7.09. The van der Waals surface area contributed by atoms with Gasteiger partial charge in [0, 0.05) is 39.6 Å². The first kappa shape index (κ1) is 31.0. The van der Waals surface area contributed by atoms with Crippen molar-refractivity contribution in [3.05, 3.63) is 47.0 Å². The molecular formula is C31H43O8P. The molecular weight excluding hydrogens is 531 g/mol. The van der Waals surface area contributed by atoms with Crippen LogP contribution in [0.2, 0.25) is 0 Å². The van der Waals surface area contributed by atoms with Gasteiger partial charge in [-0.25, -0.2) is 0 Å². The van der Waals surface area contributed by atoms with Gasteiger partial charge in [-0.2, -0.15) is 9.59 Å². The number of benzene rings is 1. The largest absolute Gasteiger partial charge is 0.455 e. The molecule has 0 radical (unpaired) electrons. The molecule has 3 saturated carbocycles. The minimum Gasteiger partial charge on any atom is -0.455 e. The van der Waals surface area contributed by atoms with Crippen LogP contribution < -0.4 is 0 Å². The standard InChI is InChI=1S/C30H43O6P.CO2/c1-16-20(32)15-30(34)23(18-10-8-7-9-11-18)25-28(5)13-12-19(28)14-21(36-37)29(25,6)26(33)24(35-17(2)31)22(16)27(30,3)4;2-1-3/h7-11,19-21,23-26,32-34H,12-15,37H2,1-6H3;/t19-,20+,21+,23+,24-,25?,26+,28-,29-,30-;/m1./s1. The molecule has 220 valence electrons. The van der Waals surface area contributed by atoms with E-state index in [0.29, 0.717) is 17.1 Å². The summed E-state index contributed by atoms with van der Waals surface area (Å²) < 4.78 is 12.0. The maximum Gasteiger partial charge on any atom is 0.373 e. The van der Waals surface area contributed by atoms with Crippen molar-refractivity contribution < 1.29 is 39.0 Å². The van der Waals surface area contributed by atoms with Crippen LogP contribution in [-0.2, 0) is 23.6 Å². The lowest BCUT2D eigenvalue weighted by Gasteiger charge is -2.71. The molecule has 1 aromatic carbocycles. The minimum absolute atomic E-state index is 0.164. The molecule has 4 aliphatic rings. The Kier molecular flexibility index (Phi) is 8.32. The van der Waals surface area contributed by atoms with E-state index in [4.69, 9.17) is 18.8 Å². The maximum atomic E-state index is 13.1. The van der Waals surface area contributed by atoms with Crippen LogP contribution in [0, 0.1) is 28.1 Å². The lowest BCUT2D eigenvalue weighted by atomic mass is 9.35. The molecule has 0 spiro atoms. The van der Waals surface area contributed by atoms with Crippen molar-refractivity contribution in [3.8, 4) is 0 Å². The summed E-state index contributed by atoms with van der Waals surface area (Å²) in [6.45, 7) is 11.5. The van der Waals surface area contributed by atoms with Crippen LogP contribution in [0.15, 0.2) is 41.5 Å². The van der Waals surface area contributed by atoms with E-state index in [1.165, 1.54) is 6.92 Å². The second-order valence-electron chi connectivity index (χ2n) is 13.3. The summed E-state index contributed by atoms with van der Waals surface area (Å²) in [7, 11) is 2.41. The molecule has 3 N–H and O–H groups in total. The second-order valence-corrected chi connectivity index (χ2v) is 13.5. The topological polar surface area (TPSA) is 130 Å². The number of carbonyl (C=O) groups excluding carboxylic acids is 3. The molecule has 8 nitrogen and oxygen atoms in total. The molecule has 0 aromatic heterocycles. The van der Waals surface area contributed by atoms with Crippen LogP contribution in [0.4, 0.5) is 0 Å². The van der Waals surface area contributed by atoms with Gasteiger partial charge in [-0.3, -0.25) is 4.79 Å². The lowest BCUT2D eigenvalue weighted by Crippen LogP contribution is -2.73. The van der Waals surface area contributed by atoms with E-state index >= 15 is 0 Å². The average molecular weight is 575 g/mol. The van der Waals surface area contributed by atoms with E-state index in [-0.39, 0.29) is 30.0 Å². The number of aliphatic hydroxyl groups is 3. The van der Waals surface area contributed by atoms with Crippen LogP contribution >= 0.6 is 9.47 Å². The summed E-state index contributed by atoms with van der Waals surface area (Å²) >= 11 is 0. The molecule has 9 heteroatoms. The molecule has 0 heterocycles. The molecule has 1 aromatic rings.